The van der Waals surface area contributed by atoms with Crippen LogP contribution in [0.25, 0.3) is 0 Å². The first-order chi connectivity index (χ1) is 9.96. The first-order valence-corrected chi connectivity index (χ1v) is 8.14. The summed E-state index contributed by atoms with van der Waals surface area (Å²) in [6.07, 6.45) is 5.78. The third kappa shape index (κ3) is 3.39. The summed E-state index contributed by atoms with van der Waals surface area (Å²) in [6, 6.07) is 8.14. The van der Waals surface area contributed by atoms with Crippen molar-refractivity contribution in [1.82, 2.24) is 4.90 Å². The van der Waals surface area contributed by atoms with Gasteiger partial charge >= 0.3 is 0 Å². The van der Waals surface area contributed by atoms with E-state index in [9.17, 15) is 4.79 Å². The van der Waals surface area contributed by atoms with E-state index in [1.165, 1.54) is 6.42 Å². The Labute approximate surface area is 128 Å². The van der Waals surface area contributed by atoms with Gasteiger partial charge in [0.1, 0.15) is 0 Å². The molecule has 1 fully saturated rings. The van der Waals surface area contributed by atoms with E-state index in [1.54, 1.807) is 0 Å². The second kappa shape index (κ2) is 6.50. The van der Waals surface area contributed by atoms with Gasteiger partial charge < -0.3 is 10.6 Å². The van der Waals surface area contributed by atoms with E-state index < -0.39 is 5.41 Å². The molecule has 1 aliphatic rings. The molecule has 116 valence electrons. The van der Waals surface area contributed by atoms with E-state index in [0.717, 1.165) is 43.5 Å². The Bertz CT molecular complexity index is 476. The van der Waals surface area contributed by atoms with Crippen LogP contribution in [0.15, 0.2) is 24.3 Å². The molecule has 1 atom stereocenters. The van der Waals surface area contributed by atoms with Crippen LogP contribution in [-0.4, -0.2) is 23.4 Å². The molecule has 2 N–H and O–H groups in total. The number of carbonyl (C=O) groups is 1. The van der Waals surface area contributed by atoms with Crippen LogP contribution in [0.4, 0.5) is 5.69 Å². The molecule has 1 aromatic rings. The number of anilines is 1. The van der Waals surface area contributed by atoms with Gasteiger partial charge in [-0.1, -0.05) is 25.5 Å². The predicted molar refractivity (Wildman–Crippen MR) is 88.1 cm³/mol. The lowest BCUT2D eigenvalue weighted by Gasteiger charge is -2.40. The van der Waals surface area contributed by atoms with Crippen molar-refractivity contribution in [3.63, 3.8) is 0 Å². The van der Waals surface area contributed by atoms with Crippen LogP contribution in [0.1, 0.15) is 58.4 Å². The fourth-order valence-electron chi connectivity index (χ4n) is 3.28. The zero-order chi connectivity index (χ0) is 15.5. The highest BCUT2D eigenvalue weighted by molar-refractivity contribution is 5.87. The number of benzene rings is 1. The highest BCUT2D eigenvalue weighted by atomic mass is 16.2. The van der Waals surface area contributed by atoms with Crippen LogP contribution in [0.3, 0.4) is 0 Å². The van der Waals surface area contributed by atoms with E-state index in [1.807, 2.05) is 38.1 Å². The second-order valence-corrected chi connectivity index (χ2v) is 6.68. The standard InChI is InChI=1S/C18H28N2O/c1-4-7-16-8-5-6-13-20(16)17(21)18(2,3)14-9-11-15(19)12-10-14/h9-12,16H,4-8,13,19H2,1-3H3. The molecular weight excluding hydrogens is 260 g/mol. The number of likely N-dealkylation sites (tertiary alicyclic amines) is 1. The summed E-state index contributed by atoms with van der Waals surface area (Å²) in [5, 5.41) is 0. The van der Waals surface area contributed by atoms with Crippen molar-refractivity contribution in [1.29, 1.82) is 0 Å². The van der Waals surface area contributed by atoms with Crippen molar-refractivity contribution >= 4 is 11.6 Å². The molecular formula is C18H28N2O. The number of piperidine rings is 1. The van der Waals surface area contributed by atoms with Gasteiger partial charge in [0, 0.05) is 18.3 Å². The van der Waals surface area contributed by atoms with Gasteiger partial charge in [-0.3, -0.25) is 4.79 Å². The lowest BCUT2D eigenvalue weighted by Crippen LogP contribution is -2.50. The zero-order valence-corrected chi connectivity index (χ0v) is 13.6. The number of rotatable bonds is 4. The number of nitrogens with zero attached hydrogens (tertiary/aromatic N) is 1. The van der Waals surface area contributed by atoms with Crippen molar-refractivity contribution in [2.75, 3.05) is 12.3 Å². The fraction of sp³-hybridized carbons (Fsp3) is 0.611. The summed E-state index contributed by atoms with van der Waals surface area (Å²) in [6.45, 7) is 7.15. The zero-order valence-electron chi connectivity index (χ0n) is 13.6. The van der Waals surface area contributed by atoms with Gasteiger partial charge in [-0.2, -0.15) is 0 Å². The van der Waals surface area contributed by atoms with Gasteiger partial charge in [0.25, 0.3) is 0 Å². The minimum atomic E-state index is -0.489. The molecule has 1 heterocycles. The van der Waals surface area contributed by atoms with E-state index in [0.29, 0.717) is 6.04 Å². The molecule has 0 aromatic heterocycles. The van der Waals surface area contributed by atoms with Gasteiger partial charge in [0.2, 0.25) is 5.91 Å². The molecule has 2 rings (SSSR count). The van der Waals surface area contributed by atoms with Crippen molar-refractivity contribution < 1.29 is 4.79 Å². The molecule has 1 aromatic carbocycles. The maximum Gasteiger partial charge on any atom is 0.232 e. The van der Waals surface area contributed by atoms with Crippen LogP contribution in [0, 0.1) is 0 Å². The third-order valence-electron chi connectivity index (χ3n) is 4.68. The molecule has 0 spiro atoms. The molecule has 1 aliphatic heterocycles. The van der Waals surface area contributed by atoms with Gasteiger partial charge in [-0.15, -0.1) is 0 Å². The predicted octanol–water partition coefficient (Wildman–Crippen LogP) is 3.73. The van der Waals surface area contributed by atoms with Gasteiger partial charge in [0.15, 0.2) is 0 Å². The van der Waals surface area contributed by atoms with Crippen molar-refractivity contribution in [2.24, 2.45) is 0 Å². The average molecular weight is 288 g/mol. The Kier molecular flexibility index (Phi) is 4.92. The minimum Gasteiger partial charge on any atom is -0.399 e. The Hall–Kier alpha value is -1.51. The molecule has 0 saturated carbocycles. The lowest BCUT2D eigenvalue weighted by atomic mass is 9.81. The van der Waals surface area contributed by atoms with E-state index in [-0.39, 0.29) is 5.91 Å². The normalized spacial score (nSPS) is 19.6. The minimum absolute atomic E-state index is 0.255. The van der Waals surface area contributed by atoms with Crippen LogP contribution in [0.2, 0.25) is 0 Å². The van der Waals surface area contributed by atoms with Gasteiger partial charge in [-0.25, -0.2) is 0 Å². The van der Waals surface area contributed by atoms with Crippen LogP contribution < -0.4 is 5.73 Å². The summed E-state index contributed by atoms with van der Waals surface area (Å²) in [5.41, 5.74) is 7.05. The quantitative estimate of drug-likeness (QED) is 0.858. The largest absolute Gasteiger partial charge is 0.399 e. The molecule has 1 amide bonds. The fourth-order valence-corrected chi connectivity index (χ4v) is 3.28. The Morgan fingerprint density at radius 1 is 1.29 bits per heavy atom. The number of amides is 1. The molecule has 21 heavy (non-hydrogen) atoms. The first-order valence-electron chi connectivity index (χ1n) is 8.14. The number of nitrogen functional groups attached to an aromatic ring is 1. The third-order valence-corrected chi connectivity index (χ3v) is 4.68. The highest BCUT2D eigenvalue weighted by Gasteiger charge is 2.37. The summed E-state index contributed by atoms with van der Waals surface area (Å²) in [5.74, 6) is 0.255. The first kappa shape index (κ1) is 15.9. The Balaban J connectivity index is 2.21. The maximum absolute atomic E-state index is 13.1. The van der Waals surface area contributed by atoms with E-state index >= 15 is 0 Å². The molecule has 3 heteroatoms. The molecule has 0 radical (unpaired) electrons. The smallest absolute Gasteiger partial charge is 0.232 e. The summed E-state index contributed by atoms with van der Waals surface area (Å²) < 4.78 is 0. The van der Waals surface area contributed by atoms with Crippen molar-refractivity contribution in [2.45, 2.75) is 64.3 Å². The van der Waals surface area contributed by atoms with Crippen LogP contribution in [-0.2, 0) is 10.2 Å². The second-order valence-electron chi connectivity index (χ2n) is 6.68. The molecule has 0 bridgehead atoms. The van der Waals surface area contributed by atoms with Gasteiger partial charge in [0.05, 0.1) is 5.41 Å². The molecule has 3 nitrogen and oxygen atoms in total. The number of carbonyl (C=O) groups excluding carboxylic acids is 1. The summed E-state index contributed by atoms with van der Waals surface area (Å²) >= 11 is 0. The van der Waals surface area contributed by atoms with Crippen LogP contribution >= 0.6 is 0 Å². The lowest BCUT2D eigenvalue weighted by molar-refractivity contribution is -0.140. The molecule has 1 unspecified atom stereocenters. The Morgan fingerprint density at radius 3 is 2.57 bits per heavy atom. The van der Waals surface area contributed by atoms with Crippen molar-refractivity contribution in [3.05, 3.63) is 29.8 Å². The molecule has 1 saturated heterocycles. The van der Waals surface area contributed by atoms with E-state index in [2.05, 4.69) is 11.8 Å². The van der Waals surface area contributed by atoms with E-state index in [4.69, 9.17) is 5.73 Å². The van der Waals surface area contributed by atoms with Crippen LogP contribution in [0.5, 0.6) is 0 Å². The number of nitrogens with two attached hydrogens (primary N) is 1. The van der Waals surface area contributed by atoms with Crippen molar-refractivity contribution in [3.8, 4) is 0 Å². The highest BCUT2D eigenvalue weighted by Crippen LogP contribution is 2.30. The van der Waals surface area contributed by atoms with Gasteiger partial charge in [-0.05, 0) is 57.2 Å². The summed E-state index contributed by atoms with van der Waals surface area (Å²) in [7, 11) is 0. The Morgan fingerprint density at radius 2 is 1.95 bits per heavy atom. The maximum atomic E-state index is 13.1. The monoisotopic (exact) mass is 288 g/mol. The summed E-state index contributed by atoms with van der Waals surface area (Å²) in [4.78, 5) is 15.2. The topological polar surface area (TPSA) is 46.3 Å². The number of hydrogen-bond donors (Lipinski definition) is 1. The number of hydrogen-bond acceptors (Lipinski definition) is 2. The molecule has 0 aliphatic carbocycles. The average Bonchev–Trinajstić information content (AvgIpc) is 2.48. The SMILES string of the molecule is CCCC1CCCCN1C(=O)C(C)(C)c1ccc(N)cc1.